The van der Waals surface area contributed by atoms with Gasteiger partial charge in [-0.3, -0.25) is 14.4 Å². The standard InChI is InChI=1S/C18H26N6O2/c1-13-17(22-26-21-13)10-18(25)19-11-14-9-16-12-23(7-8-24(16)20-14)15-5-3-2-4-6-15/h9,15H,2-8,10-12H2,1H3,(H,19,25). The first-order valence-corrected chi connectivity index (χ1v) is 9.53. The van der Waals surface area contributed by atoms with Crippen LogP contribution in [0, 0.1) is 6.92 Å². The van der Waals surface area contributed by atoms with Gasteiger partial charge in [0.1, 0.15) is 11.4 Å². The molecular formula is C18H26N6O2. The quantitative estimate of drug-likeness (QED) is 0.873. The lowest BCUT2D eigenvalue weighted by molar-refractivity contribution is -0.120. The Morgan fingerprint density at radius 3 is 2.88 bits per heavy atom. The van der Waals surface area contributed by atoms with Gasteiger partial charge in [-0.15, -0.1) is 0 Å². The van der Waals surface area contributed by atoms with Crippen molar-refractivity contribution in [3.63, 3.8) is 0 Å². The minimum atomic E-state index is -0.0985. The van der Waals surface area contributed by atoms with Gasteiger partial charge in [0.05, 0.1) is 30.9 Å². The maximum Gasteiger partial charge on any atom is 0.226 e. The molecule has 0 atom stereocenters. The summed E-state index contributed by atoms with van der Waals surface area (Å²) in [5.74, 6) is -0.0985. The van der Waals surface area contributed by atoms with Gasteiger partial charge in [0.15, 0.2) is 0 Å². The molecule has 0 saturated heterocycles. The van der Waals surface area contributed by atoms with Gasteiger partial charge in [0.25, 0.3) is 0 Å². The Morgan fingerprint density at radius 1 is 1.27 bits per heavy atom. The minimum Gasteiger partial charge on any atom is -0.350 e. The molecule has 8 heteroatoms. The largest absolute Gasteiger partial charge is 0.350 e. The Labute approximate surface area is 152 Å². The minimum absolute atomic E-state index is 0.0985. The third-order valence-electron chi connectivity index (χ3n) is 5.51. The molecule has 3 heterocycles. The van der Waals surface area contributed by atoms with E-state index in [1.54, 1.807) is 6.92 Å². The number of rotatable bonds is 5. The van der Waals surface area contributed by atoms with Crippen molar-refractivity contribution in [3.05, 3.63) is 28.8 Å². The van der Waals surface area contributed by atoms with Crippen molar-refractivity contribution >= 4 is 5.91 Å². The van der Waals surface area contributed by atoms with E-state index in [2.05, 4.69) is 41.0 Å². The van der Waals surface area contributed by atoms with Crippen LogP contribution in [0.15, 0.2) is 10.7 Å². The Hall–Kier alpha value is -2.22. The van der Waals surface area contributed by atoms with E-state index < -0.39 is 0 Å². The van der Waals surface area contributed by atoms with Crippen molar-refractivity contribution in [1.82, 2.24) is 30.3 Å². The zero-order chi connectivity index (χ0) is 17.9. The van der Waals surface area contributed by atoms with Crippen LogP contribution in [0.5, 0.6) is 0 Å². The zero-order valence-corrected chi connectivity index (χ0v) is 15.3. The number of aryl methyl sites for hydroxylation is 1. The molecule has 4 rings (SSSR count). The van der Waals surface area contributed by atoms with Crippen molar-refractivity contribution in [3.8, 4) is 0 Å². The van der Waals surface area contributed by atoms with E-state index in [4.69, 9.17) is 0 Å². The molecule has 0 unspecified atom stereocenters. The highest BCUT2D eigenvalue weighted by molar-refractivity contribution is 5.78. The molecule has 1 saturated carbocycles. The number of amides is 1. The summed E-state index contributed by atoms with van der Waals surface area (Å²) in [4.78, 5) is 14.7. The van der Waals surface area contributed by atoms with E-state index in [0.29, 0.717) is 17.9 Å². The molecule has 1 aliphatic heterocycles. The molecule has 1 amide bonds. The van der Waals surface area contributed by atoms with E-state index in [-0.39, 0.29) is 12.3 Å². The highest BCUT2D eigenvalue weighted by atomic mass is 16.6. The third kappa shape index (κ3) is 3.80. The lowest BCUT2D eigenvalue weighted by Gasteiger charge is -2.36. The second-order valence-electron chi connectivity index (χ2n) is 7.36. The normalized spacial score (nSPS) is 18.7. The molecule has 0 spiro atoms. The number of fused-ring (bicyclic) bond motifs is 1. The molecule has 2 aromatic heterocycles. The first kappa shape index (κ1) is 17.2. The van der Waals surface area contributed by atoms with Crippen LogP contribution in [0.1, 0.15) is 54.9 Å². The average Bonchev–Trinajstić information content (AvgIpc) is 3.26. The number of nitrogens with one attached hydrogen (secondary N) is 1. The second kappa shape index (κ2) is 7.57. The van der Waals surface area contributed by atoms with Gasteiger partial charge in [0, 0.05) is 19.1 Å². The lowest BCUT2D eigenvalue weighted by atomic mass is 9.94. The Kier molecular flexibility index (Phi) is 5.01. The van der Waals surface area contributed by atoms with Crippen molar-refractivity contribution in [2.45, 2.75) is 71.1 Å². The fourth-order valence-electron chi connectivity index (χ4n) is 4.00. The summed E-state index contributed by atoms with van der Waals surface area (Å²) in [6.07, 6.45) is 6.94. The summed E-state index contributed by atoms with van der Waals surface area (Å²) in [7, 11) is 0. The summed E-state index contributed by atoms with van der Waals surface area (Å²) in [6.45, 7) is 5.19. The molecule has 1 fully saturated rings. The van der Waals surface area contributed by atoms with Crippen LogP contribution in [0.25, 0.3) is 0 Å². The molecule has 8 nitrogen and oxygen atoms in total. The maximum absolute atomic E-state index is 12.1. The molecule has 0 bridgehead atoms. The van der Waals surface area contributed by atoms with E-state index >= 15 is 0 Å². The number of carbonyl (C=O) groups is 1. The lowest BCUT2D eigenvalue weighted by Crippen LogP contribution is -2.42. The summed E-state index contributed by atoms with van der Waals surface area (Å²) >= 11 is 0. The molecule has 1 N–H and O–H groups in total. The van der Waals surface area contributed by atoms with E-state index in [1.165, 1.54) is 37.8 Å². The fraction of sp³-hybridized carbons (Fsp3) is 0.667. The van der Waals surface area contributed by atoms with Crippen LogP contribution < -0.4 is 5.32 Å². The van der Waals surface area contributed by atoms with Gasteiger partial charge in [-0.05, 0) is 25.8 Å². The van der Waals surface area contributed by atoms with Crippen LogP contribution in [-0.2, 0) is 30.8 Å². The Morgan fingerprint density at radius 2 is 2.12 bits per heavy atom. The van der Waals surface area contributed by atoms with Gasteiger partial charge < -0.3 is 5.32 Å². The smallest absolute Gasteiger partial charge is 0.226 e. The first-order valence-electron chi connectivity index (χ1n) is 9.53. The van der Waals surface area contributed by atoms with Crippen molar-refractivity contribution in [2.75, 3.05) is 6.54 Å². The van der Waals surface area contributed by atoms with Gasteiger partial charge in [0.2, 0.25) is 5.91 Å². The zero-order valence-electron chi connectivity index (χ0n) is 15.3. The van der Waals surface area contributed by atoms with Crippen LogP contribution in [0.2, 0.25) is 0 Å². The number of nitrogens with zero attached hydrogens (tertiary/aromatic N) is 5. The molecular weight excluding hydrogens is 332 g/mol. The molecule has 2 aromatic rings. The summed E-state index contributed by atoms with van der Waals surface area (Å²) in [6, 6.07) is 2.85. The van der Waals surface area contributed by atoms with Gasteiger partial charge in [-0.25, -0.2) is 4.63 Å². The van der Waals surface area contributed by atoms with Crippen LogP contribution in [0.3, 0.4) is 0 Å². The predicted molar refractivity (Wildman–Crippen MR) is 94.1 cm³/mol. The molecule has 1 aliphatic carbocycles. The third-order valence-corrected chi connectivity index (χ3v) is 5.51. The number of aromatic nitrogens is 4. The predicted octanol–water partition coefficient (Wildman–Crippen LogP) is 1.58. The highest BCUT2D eigenvalue weighted by Crippen LogP contribution is 2.26. The summed E-state index contributed by atoms with van der Waals surface area (Å²) in [5.41, 5.74) is 3.40. The molecule has 0 aromatic carbocycles. The summed E-state index contributed by atoms with van der Waals surface area (Å²) in [5, 5.41) is 15.0. The topological polar surface area (TPSA) is 89.1 Å². The van der Waals surface area contributed by atoms with Gasteiger partial charge >= 0.3 is 0 Å². The summed E-state index contributed by atoms with van der Waals surface area (Å²) < 4.78 is 6.71. The van der Waals surface area contributed by atoms with Gasteiger partial charge in [-0.1, -0.05) is 29.6 Å². The number of hydrogen-bond acceptors (Lipinski definition) is 6. The Balaban J connectivity index is 1.31. The Bertz CT molecular complexity index is 762. The molecule has 2 aliphatic rings. The average molecular weight is 358 g/mol. The van der Waals surface area contributed by atoms with Crippen LogP contribution in [0.4, 0.5) is 0 Å². The van der Waals surface area contributed by atoms with Gasteiger partial charge in [-0.2, -0.15) is 5.10 Å². The first-order chi connectivity index (χ1) is 12.7. The van der Waals surface area contributed by atoms with Crippen molar-refractivity contribution in [2.24, 2.45) is 0 Å². The fourth-order valence-corrected chi connectivity index (χ4v) is 4.00. The van der Waals surface area contributed by atoms with Crippen LogP contribution >= 0.6 is 0 Å². The SMILES string of the molecule is Cc1nonc1CC(=O)NCc1cc2n(n1)CCN(C1CCCCC1)C2. The van der Waals surface area contributed by atoms with Crippen LogP contribution in [-0.4, -0.2) is 43.5 Å². The maximum atomic E-state index is 12.1. The monoisotopic (exact) mass is 358 g/mol. The molecule has 26 heavy (non-hydrogen) atoms. The highest BCUT2D eigenvalue weighted by Gasteiger charge is 2.26. The van der Waals surface area contributed by atoms with E-state index in [1.807, 2.05) is 0 Å². The number of hydrogen-bond donors (Lipinski definition) is 1. The number of carbonyl (C=O) groups excluding carboxylic acids is 1. The molecule has 140 valence electrons. The van der Waals surface area contributed by atoms with E-state index in [0.717, 1.165) is 31.4 Å². The second-order valence-corrected chi connectivity index (χ2v) is 7.36. The van der Waals surface area contributed by atoms with E-state index in [9.17, 15) is 4.79 Å². The molecule has 0 radical (unpaired) electrons. The van der Waals surface area contributed by atoms with Crippen molar-refractivity contribution < 1.29 is 9.42 Å². The van der Waals surface area contributed by atoms with Crippen molar-refractivity contribution in [1.29, 1.82) is 0 Å².